The van der Waals surface area contributed by atoms with E-state index >= 15 is 0 Å². The minimum Gasteiger partial charge on any atom is -0.372 e. The monoisotopic (exact) mass is 239 g/mol. The summed E-state index contributed by atoms with van der Waals surface area (Å²) in [6.07, 6.45) is 2.18. The van der Waals surface area contributed by atoms with Crippen molar-refractivity contribution in [2.24, 2.45) is 0 Å². The molecule has 0 N–H and O–H groups in total. The highest BCUT2D eigenvalue weighted by molar-refractivity contribution is 7.10. The largest absolute Gasteiger partial charge is 0.372 e. The lowest BCUT2D eigenvalue weighted by molar-refractivity contribution is -0.136. The minimum atomic E-state index is 0.123. The zero-order valence-corrected chi connectivity index (χ0v) is 10.3. The van der Waals surface area contributed by atoms with Gasteiger partial charge in [0.05, 0.1) is 6.04 Å². The first-order valence-electron chi connectivity index (χ1n) is 5.73. The maximum absolute atomic E-state index is 11.9. The van der Waals surface area contributed by atoms with Gasteiger partial charge in [-0.1, -0.05) is 6.07 Å². The van der Waals surface area contributed by atoms with Crippen LogP contribution in [0.4, 0.5) is 0 Å². The molecular formula is C12H17NO2S. The maximum atomic E-state index is 11.9. The molecule has 0 radical (unpaired) electrons. The van der Waals surface area contributed by atoms with Crippen molar-refractivity contribution in [3.63, 3.8) is 0 Å². The molecule has 0 saturated carbocycles. The Morgan fingerprint density at radius 3 is 3.25 bits per heavy atom. The van der Waals surface area contributed by atoms with Crippen molar-refractivity contribution < 1.29 is 9.53 Å². The second-order valence-corrected chi connectivity index (χ2v) is 4.88. The molecule has 1 aliphatic heterocycles. The molecule has 0 spiro atoms. The van der Waals surface area contributed by atoms with Crippen LogP contribution in [0.3, 0.4) is 0 Å². The minimum absolute atomic E-state index is 0.123. The Morgan fingerprint density at radius 1 is 1.69 bits per heavy atom. The van der Waals surface area contributed by atoms with Crippen molar-refractivity contribution in [2.45, 2.75) is 25.8 Å². The van der Waals surface area contributed by atoms with Crippen LogP contribution in [0.2, 0.25) is 0 Å². The molecule has 1 atom stereocenters. The second-order valence-electron chi connectivity index (χ2n) is 3.90. The number of amides is 1. The van der Waals surface area contributed by atoms with Crippen LogP contribution < -0.4 is 0 Å². The van der Waals surface area contributed by atoms with E-state index in [1.54, 1.807) is 11.3 Å². The summed E-state index contributed by atoms with van der Waals surface area (Å²) in [5.41, 5.74) is 0. The first kappa shape index (κ1) is 11.6. The van der Waals surface area contributed by atoms with Crippen molar-refractivity contribution in [3.8, 4) is 0 Å². The Balaban J connectivity index is 2.01. The standard InChI is InChI=1S/C12H17NO2S/c1-2-15-9-12(14)13-7-3-5-10(13)11-6-4-8-16-11/h4,6,8,10H,2-3,5,7,9H2,1H3. The van der Waals surface area contributed by atoms with E-state index in [0.29, 0.717) is 6.61 Å². The van der Waals surface area contributed by atoms with Gasteiger partial charge in [-0.05, 0) is 31.2 Å². The molecule has 2 rings (SSSR count). The summed E-state index contributed by atoms with van der Waals surface area (Å²) in [4.78, 5) is 15.2. The highest BCUT2D eigenvalue weighted by Crippen LogP contribution is 2.34. The summed E-state index contributed by atoms with van der Waals surface area (Å²) in [5, 5.41) is 2.07. The lowest BCUT2D eigenvalue weighted by Crippen LogP contribution is -2.33. The van der Waals surface area contributed by atoms with Gasteiger partial charge in [0, 0.05) is 18.0 Å². The van der Waals surface area contributed by atoms with Crippen molar-refractivity contribution >= 4 is 17.2 Å². The predicted octanol–water partition coefficient (Wildman–Crippen LogP) is 2.45. The Morgan fingerprint density at radius 2 is 2.56 bits per heavy atom. The maximum Gasteiger partial charge on any atom is 0.249 e. The molecular weight excluding hydrogens is 222 g/mol. The van der Waals surface area contributed by atoms with Gasteiger partial charge in [-0.3, -0.25) is 4.79 Å². The van der Waals surface area contributed by atoms with Crippen LogP contribution in [0.1, 0.15) is 30.7 Å². The molecule has 1 saturated heterocycles. The number of nitrogens with zero attached hydrogens (tertiary/aromatic N) is 1. The zero-order valence-electron chi connectivity index (χ0n) is 9.52. The number of likely N-dealkylation sites (tertiary alicyclic amines) is 1. The van der Waals surface area contributed by atoms with Gasteiger partial charge in [0.2, 0.25) is 5.91 Å². The summed E-state index contributed by atoms with van der Waals surface area (Å²) in [6.45, 7) is 3.60. The van der Waals surface area contributed by atoms with E-state index in [-0.39, 0.29) is 18.6 Å². The van der Waals surface area contributed by atoms with Crippen molar-refractivity contribution in [3.05, 3.63) is 22.4 Å². The van der Waals surface area contributed by atoms with Gasteiger partial charge in [-0.2, -0.15) is 0 Å². The third kappa shape index (κ3) is 2.44. The fourth-order valence-electron chi connectivity index (χ4n) is 2.11. The van der Waals surface area contributed by atoms with Gasteiger partial charge in [0.25, 0.3) is 0 Å². The molecule has 0 aromatic carbocycles. The first-order valence-corrected chi connectivity index (χ1v) is 6.61. The van der Waals surface area contributed by atoms with Gasteiger partial charge in [-0.15, -0.1) is 11.3 Å². The van der Waals surface area contributed by atoms with Crippen LogP contribution in [0.5, 0.6) is 0 Å². The smallest absolute Gasteiger partial charge is 0.249 e. The number of thiophene rings is 1. The first-order chi connectivity index (χ1) is 7.83. The lowest BCUT2D eigenvalue weighted by Gasteiger charge is -2.23. The molecule has 0 bridgehead atoms. The van der Waals surface area contributed by atoms with Crippen LogP contribution in [0.25, 0.3) is 0 Å². The number of carbonyl (C=O) groups excluding carboxylic acids is 1. The number of hydrogen-bond donors (Lipinski definition) is 0. The van der Waals surface area contributed by atoms with Crippen molar-refractivity contribution in [2.75, 3.05) is 19.8 Å². The van der Waals surface area contributed by atoms with Crippen LogP contribution in [-0.4, -0.2) is 30.6 Å². The molecule has 1 aromatic heterocycles. The van der Waals surface area contributed by atoms with E-state index in [1.807, 2.05) is 17.9 Å². The zero-order chi connectivity index (χ0) is 11.4. The Hall–Kier alpha value is -0.870. The molecule has 3 nitrogen and oxygen atoms in total. The van der Waals surface area contributed by atoms with E-state index in [0.717, 1.165) is 19.4 Å². The summed E-state index contributed by atoms with van der Waals surface area (Å²) in [5.74, 6) is 0.123. The molecule has 16 heavy (non-hydrogen) atoms. The molecule has 1 aliphatic rings. The van der Waals surface area contributed by atoms with Crippen molar-refractivity contribution in [1.82, 2.24) is 4.90 Å². The number of carbonyl (C=O) groups is 1. The van der Waals surface area contributed by atoms with E-state index in [4.69, 9.17) is 4.74 Å². The van der Waals surface area contributed by atoms with E-state index in [1.165, 1.54) is 4.88 Å². The van der Waals surface area contributed by atoms with E-state index in [2.05, 4.69) is 11.4 Å². The molecule has 1 aromatic rings. The summed E-state index contributed by atoms with van der Waals surface area (Å²) >= 11 is 1.73. The normalized spacial score (nSPS) is 20.3. The predicted molar refractivity (Wildman–Crippen MR) is 64.5 cm³/mol. The molecule has 88 valence electrons. The van der Waals surface area contributed by atoms with Gasteiger partial charge >= 0.3 is 0 Å². The summed E-state index contributed by atoms with van der Waals surface area (Å²) in [6, 6.07) is 4.44. The van der Waals surface area contributed by atoms with Gasteiger partial charge in [0.15, 0.2) is 0 Å². The Kier molecular flexibility index (Phi) is 3.96. The van der Waals surface area contributed by atoms with Gasteiger partial charge in [0.1, 0.15) is 6.61 Å². The average molecular weight is 239 g/mol. The lowest BCUT2D eigenvalue weighted by atomic mass is 10.2. The van der Waals surface area contributed by atoms with Crippen LogP contribution in [-0.2, 0) is 9.53 Å². The summed E-state index contributed by atoms with van der Waals surface area (Å²) in [7, 11) is 0. The third-order valence-corrected chi connectivity index (χ3v) is 3.85. The Labute approximate surface area is 100 Å². The fourth-order valence-corrected chi connectivity index (χ4v) is 2.99. The van der Waals surface area contributed by atoms with Crippen LogP contribution in [0, 0.1) is 0 Å². The molecule has 4 heteroatoms. The molecule has 1 amide bonds. The summed E-state index contributed by atoms with van der Waals surface area (Å²) < 4.78 is 5.19. The van der Waals surface area contributed by atoms with Crippen molar-refractivity contribution in [1.29, 1.82) is 0 Å². The topological polar surface area (TPSA) is 29.5 Å². The number of ether oxygens (including phenoxy) is 1. The van der Waals surface area contributed by atoms with Crippen LogP contribution in [0.15, 0.2) is 17.5 Å². The molecule has 1 fully saturated rings. The molecule has 0 aliphatic carbocycles. The fraction of sp³-hybridized carbons (Fsp3) is 0.583. The number of hydrogen-bond acceptors (Lipinski definition) is 3. The average Bonchev–Trinajstić information content (AvgIpc) is 2.94. The van der Waals surface area contributed by atoms with E-state index < -0.39 is 0 Å². The van der Waals surface area contributed by atoms with E-state index in [9.17, 15) is 4.79 Å². The number of rotatable bonds is 4. The Bertz CT molecular complexity index is 337. The third-order valence-electron chi connectivity index (χ3n) is 2.87. The highest BCUT2D eigenvalue weighted by atomic mass is 32.1. The van der Waals surface area contributed by atoms with Gasteiger partial charge in [-0.25, -0.2) is 0 Å². The SMILES string of the molecule is CCOCC(=O)N1CCCC1c1cccs1. The quantitative estimate of drug-likeness (QED) is 0.807. The van der Waals surface area contributed by atoms with Gasteiger partial charge < -0.3 is 9.64 Å². The second kappa shape index (κ2) is 5.46. The highest BCUT2D eigenvalue weighted by Gasteiger charge is 2.30. The molecule has 1 unspecified atom stereocenters. The molecule has 2 heterocycles. The van der Waals surface area contributed by atoms with Crippen LogP contribution >= 0.6 is 11.3 Å².